The first-order chi connectivity index (χ1) is 8.21. The second-order valence-electron chi connectivity index (χ2n) is 3.60. The molecule has 0 spiro atoms. The summed E-state index contributed by atoms with van der Waals surface area (Å²) in [5, 5.41) is 8.50. The van der Waals surface area contributed by atoms with Gasteiger partial charge in [0, 0.05) is 10.6 Å². The highest BCUT2D eigenvalue weighted by atomic mass is 35.5. The van der Waals surface area contributed by atoms with Crippen LogP contribution in [0.5, 0.6) is 0 Å². The number of hydrogen-bond donors (Lipinski definition) is 2. The number of carboxylic acid groups (broad SMARTS) is 1. The van der Waals surface area contributed by atoms with Crippen molar-refractivity contribution in [3.63, 3.8) is 0 Å². The fourth-order valence-electron chi connectivity index (χ4n) is 1.29. The smallest absolute Gasteiger partial charge is 0.318 e. The van der Waals surface area contributed by atoms with Crippen LogP contribution in [0.25, 0.3) is 0 Å². The molecule has 98 valence electrons. The zero-order chi connectivity index (χ0) is 13.9. The minimum Gasteiger partial charge on any atom is -0.480 e. The van der Waals surface area contributed by atoms with Gasteiger partial charge in [-0.1, -0.05) is 17.7 Å². The van der Waals surface area contributed by atoms with Crippen LogP contribution in [0.2, 0.25) is 5.02 Å². The third-order valence-corrected chi connectivity index (χ3v) is 3.85. The summed E-state index contributed by atoms with van der Waals surface area (Å²) in [5.41, 5.74) is 5.41. The highest BCUT2D eigenvalue weighted by Crippen LogP contribution is 2.20. The van der Waals surface area contributed by atoms with Gasteiger partial charge in [0.05, 0.1) is 5.75 Å². The van der Waals surface area contributed by atoms with Crippen LogP contribution in [-0.2, 0) is 20.4 Å². The molecular formula is C10H10ClNO5S. The van der Waals surface area contributed by atoms with E-state index in [2.05, 4.69) is 0 Å². The summed E-state index contributed by atoms with van der Waals surface area (Å²) in [6.45, 7) is 0. The molecule has 0 bridgehead atoms. The standard InChI is InChI=1S/C10H10ClNO5S/c11-8-3-6(10(12)15)1-2-7(8)4-18(16,17)5-9(13)14/h1-3H,4-5H2,(H2,12,15)(H,13,14). The number of amides is 1. The molecule has 0 heterocycles. The molecule has 1 aromatic carbocycles. The lowest BCUT2D eigenvalue weighted by molar-refractivity contribution is -0.134. The Morgan fingerprint density at radius 3 is 2.39 bits per heavy atom. The maximum atomic E-state index is 11.5. The Kier molecular flexibility index (Phi) is 4.31. The number of benzene rings is 1. The lowest BCUT2D eigenvalue weighted by Gasteiger charge is -2.05. The second kappa shape index (κ2) is 5.36. The molecule has 0 aliphatic carbocycles. The van der Waals surface area contributed by atoms with E-state index in [1.165, 1.54) is 18.2 Å². The molecular weight excluding hydrogens is 282 g/mol. The lowest BCUT2D eigenvalue weighted by atomic mass is 10.1. The monoisotopic (exact) mass is 291 g/mol. The van der Waals surface area contributed by atoms with Crippen molar-refractivity contribution in [2.75, 3.05) is 5.75 Å². The highest BCUT2D eigenvalue weighted by Gasteiger charge is 2.18. The van der Waals surface area contributed by atoms with Gasteiger partial charge >= 0.3 is 5.97 Å². The number of sulfone groups is 1. The van der Waals surface area contributed by atoms with Gasteiger partial charge in [0.25, 0.3) is 0 Å². The van der Waals surface area contributed by atoms with E-state index in [9.17, 15) is 18.0 Å². The third kappa shape index (κ3) is 4.01. The zero-order valence-corrected chi connectivity index (χ0v) is 10.7. The maximum absolute atomic E-state index is 11.5. The van der Waals surface area contributed by atoms with Crippen molar-refractivity contribution in [3.05, 3.63) is 34.3 Å². The SMILES string of the molecule is NC(=O)c1ccc(CS(=O)(=O)CC(=O)O)c(Cl)c1. The topological polar surface area (TPSA) is 115 Å². The Bertz CT molecular complexity index is 596. The summed E-state index contributed by atoms with van der Waals surface area (Å²) in [5.74, 6) is -3.59. The first kappa shape index (κ1) is 14.5. The van der Waals surface area contributed by atoms with Crippen molar-refractivity contribution in [3.8, 4) is 0 Å². The van der Waals surface area contributed by atoms with Crippen molar-refractivity contribution in [2.45, 2.75) is 5.75 Å². The van der Waals surface area contributed by atoms with E-state index in [4.69, 9.17) is 22.4 Å². The Morgan fingerprint density at radius 1 is 1.33 bits per heavy atom. The minimum atomic E-state index is -3.79. The molecule has 1 aromatic rings. The molecule has 0 unspecified atom stereocenters. The number of nitrogens with two attached hydrogens (primary N) is 1. The van der Waals surface area contributed by atoms with E-state index < -0.39 is 33.2 Å². The largest absolute Gasteiger partial charge is 0.480 e. The fourth-order valence-corrected chi connectivity index (χ4v) is 2.82. The van der Waals surface area contributed by atoms with Crippen LogP contribution in [0.1, 0.15) is 15.9 Å². The number of primary amides is 1. The van der Waals surface area contributed by atoms with E-state index in [0.717, 1.165) is 0 Å². The highest BCUT2D eigenvalue weighted by molar-refractivity contribution is 7.91. The first-order valence-corrected chi connectivity index (χ1v) is 6.91. The first-order valence-electron chi connectivity index (χ1n) is 4.72. The predicted molar refractivity (Wildman–Crippen MR) is 65.1 cm³/mol. The number of aliphatic carboxylic acids is 1. The van der Waals surface area contributed by atoms with Gasteiger partial charge in [0.2, 0.25) is 5.91 Å². The quantitative estimate of drug-likeness (QED) is 0.817. The van der Waals surface area contributed by atoms with Crippen molar-refractivity contribution in [1.29, 1.82) is 0 Å². The lowest BCUT2D eigenvalue weighted by Crippen LogP contribution is -2.17. The molecule has 1 rings (SSSR count). The van der Waals surface area contributed by atoms with Gasteiger partial charge in [-0.2, -0.15) is 0 Å². The predicted octanol–water partition coefficient (Wildman–Crippen LogP) is 0.438. The van der Waals surface area contributed by atoms with E-state index in [-0.39, 0.29) is 16.1 Å². The van der Waals surface area contributed by atoms with Gasteiger partial charge in [-0.25, -0.2) is 8.42 Å². The maximum Gasteiger partial charge on any atom is 0.318 e. The summed E-state index contributed by atoms with van der Waals surface area (Å²) in [7, 11) is -3.79. The summed E-state index contributed by atoms with van der Waals surface area (Å²) in [6.07, 6.45) is 0. The second-order valence-corrected chi connectivity index (χ2v) is 6.07. The summed E-state index contributed by atoms with van der Waals surface area (Å²) >= 11 is 5.80. The van der Waals surface area contributed by atoms with Crippen molar-refractivity contribution >= 4 is 33.3 Å². The van der Waals surface area contributed by atoms with Crippen molar-refractivity contribution < 1.29 is 23.1 Å². The fraction of sp³-hybridized carbons (Fsp3) is 0.200. The van der Waals surface area contributed by atoms with Gasteiger partial charge in [0.15, 0.2) is 9.84 Å². The molecule has 0 saturated heterocycles. The number of carboxylic acids is 1. The summed E-state index contributed by atoms with van der Waals surface area (Å²) in [6, 6.07) is 3.91. The van der Waals surface area contributed by atoms with Gasteiger partial charge in [-0.3, -0.25) is 9.59 Å². The molecule has 0 fully saturated rings. The van der Waals surface area contributed by atoms with Crippen LogP contribution < -0.4 is 5.73 Å². The van der Waals surface area contributed by atoms with E-state index in [1.54, 1.807) is 0 Å². The van der Waals surface area contributed by atoms with Crippen LogP contribution in [-0.4, -0.2) is 31.2 Å². The Balaban J connectivity index is 2.99. The van der Waals surface area contributed by atoms with Crippen LogP contribution in [0.15, 0.2) is 18.2 Å². The summed E-state index contributed by atoms with van der Waals surface area (Å²) in [4.78, 5) is 21.2. The molecule has 0 aliphatic heterocycles. The van der Waals surface area contributed by atoms with Crippen molar-refractivity contribution in [2.24, 2.45) is 5.73 Å². The van der Waals surface area contributed by atoms with Gasteiger partial charge in [-0.05, 0) is 17.7 Å². The number of carbonyl (C=O) groups is 2. The van der Waals surface area contributed by atoms with E-state index in [0.29, 0.717) is 0 Å². The molecule has 6 nitrogen and oxygen atoms in total. The Labute approximate surface area is 108 Å². The number of halogens is 1. The normalized spacial score (nSPS) is 11.2. The van der Waals surface area contributed by atoms with Gasteiger partial charge in [0.1, 0.15) is 5.75 Å². The van der Waals surface area contributed by atoms with Crippen LogP contribution in [0, 0.1) is 0 Å². The molecule has 8 heteroatoms. The number of hydrogen-bond acceptors (Lipinski definition) is 4. The molecule has 0 aromatic heterocycles. The van der Waals surface area contributed by atoms with Crippen LogP contribution in [0.3, 0.4) is 0 Å². The number of carbonyl (C=O) groups excluding carboxylic acids is 1. The molecule has 0 aliphatic rings. The average molecular weight is 292 g/mol. The van der Waals surface area contributed by atoms with E-state index >= 15 is 0 Å². The number of rotatable bonds is 5. The Morgan fingerprint density at radius 2 is 1.94 bits per heavy atom. The van der Waals surface area contributed by atoms with Crippen molar-refractivity contribution in [1.82, 2.24) is 0 Å². The molecule has 1 amide bonds. The molecule has 0 radical (unpaired) electrons. The molecule has 0 saturated carbocycles. The van der Waals surface area contributed by atoms with Crippen LogP contribution >= 0.6 is 11.6 Å². The third-order valence-electron chi connectivity index (χ3n) is 2.06. The van der Waals surface area contributed by atoms with Gasteiger partial charge in [-0.15, -0.1) is 0 Å². The minimum absolute atomic E-state index is 0.0558. The molecule has 3 N–H and O–H groups in total. The summed E-state index contributed by atoms with van der Waals surface area (Å²) < 4.78 is 22.9. The zero-order valence-electron chi connectivity index (χ0n) is 9.09. The van der Waals surface area contributed by atoms with E-state index in [1.807, 2.05) is 0 Å². The average Bonchev–Trinajstić information content (AvgIpc) is 2.18. The van der Waals surface area contributed by atoms with Gasteiger partial charge < -0.3 is 10.8 Å². The molecule has 18 heavy (non-hydrogen) atoms. The molecule has 0 atom stereocenters. The Hall–Kier alpha value is -1.60. The van der Waals surface area contributed by atoms with Crippen LogP contribution in [0.4, 0.5) is 0 Å².